The van der Waals surface area contributed by atoms with Crippen molar-refractivity contribution in [2.24, 2.45) is 4.99 Å². The Labute approximate surface area is 147 Å². The Morgan fingerprint density at radius 1 is 1.26 bits per heavy atom. The summed E-state index contributed by atoms with van der Waals surface area (Å²) in [5, 5.41) is 3.65. The van der Waals surface area contributed by atoms with Gasteiger partial charge in [-0.15, -0.1) is 11.3 Å². The van der Waals surface area contributed by atoms with Crippen molar-refractivity contribution in [1.82, 2.24) is 9.71 Å². The first-order chi connectivity index (χ1) is 11.0. The fourth-order valence-corrected chi connectivity index (χ4v) is 4.82. The first-order valence-corrected chi connectivity index (χ1v) is 10.3. The summed E-state index contributed by atoms with van der Waals surface area (Å²) < 4.78 is 27.5. The number of thiazole rings is 1. The third-order valence-corrected chi connectivity index (χ3v) is 6.45. The average Bonchev–Trinajstić information content (AvgIpc) is 3.17. The van der Waals surface area contributed by atoms with Gasteiger partial charge in [0, 0.05) is 22.5 Å². The molecule has 0 atom stereocenters. The molecule has 0 amide bonds. The second kappa shape index (κ2) is 7.08. The van der Waals surface area contributed by atoms with Crippen molar-refractivity contribution in [1.29, 1.82) is 0 Å². The van der Waals surface area contributed by atoms with E-state index in [1.54, 1.807) is 30.5 Å². The van der Waals surface area contributed by atoms with E-state index in [1.807, 2.05) is 0 Å². The highest BCUT2D eigenvalue weighted by Gasteiger charge is 2.18. The predicted octanol–water partition coefficient (Wildman–Crippen LogP) is 2.79. The summed E-state index contributed by atoms with van der Waals surface area (Å²) in [6.07, 6.45) is 1.71. The number of nitrogens with zero attached hydrogens (tertiary/aromatic N) is 2. The molecule has 23 heavy (non-hydrogen) atoms. The zero-order valence-electron chi connectivity index (χ0n) is 11.8. The van der Waals surface area contributed by atoms with Crippen LogP contribution in [0.1, 0.15) is 4.88 Å². The van der Waals surface area contributed by atoms with E-state index in [-0.39, 0.29) is 4.90 Å². The van der Waals surface area contributed by atoms with Gasteiger partial charge in [0.15, 0.2) is 9.63 Å². The molecule has 0 aliphatic carbocycles. The standard InChI is InChI=1S/C13H13ClN4O2S3/c14-12-17-8-10(22-12)7-16-9-1-3-11(4-2-9)23(19,20)18-13-15-5-6-21-13/h1-4,8,16H,5-7H2,(H,15,18). The van der Waals surface area contributed by atoms with Gasteiger partial charge in [0.05, 0.1) is 18.0 Å². The number of aliphatic imine (C=N–C) groups is 1. The topological polar surface area (TPSA) is 83.5 Å². The number of sulfonamides is 1. The molecule has 3 rings (SSSR count). The molecule has 1 aliphatic rings. The second-order valence-electron chi connectivity index (χ2n) is 4.60. The third kappa shape index (κ3) is 4.37. The maximum absolute atomic E-state index is 12.2. The number of thioether (sulfide) groups is 1. The Balaban J connectivity index is 1.64. The van der Waals surface area contributed by atoms with Gasteiger partial charge < -0.3 is 5.32 Å². The van der Waals surface area contributed by atoms with Crippen LogP contribution in [0, 0.1) is 0 Å². The van der Waals surface area contributed by atoms with Gasteiger partial charge in [-0.05, 0) is 24.3 Å². The Hall–Kier alpha value is -1.29. The second-order valence-corrected chi connectivity index (χ2v) is 9.06. The quantitative estimate of drug-likeness (QED) is 0.822. The van der Waals surface area contributed by atoms with Gasteiger partial charge in [-0.3, -0.25) is 9.71 Å². The monoisotopic (exact) mass is 388 g/mol. The summed E-state index contributed by atoms with van der Waals surface area (Å²) in [4.78, 5) is 9.27. The molecule has 10 heteroatoms. The molecule has 0 unspecified atom stereocenters. The molecule has 0 saturated heterocycles. The summed E-state index contributed by atoms with van der Waals surface area (Å²) in [6.45, 7) is 1.23. The summed E-state index contributed by atoms with van der Waals surface area (Å²) in [6, 6.07) is 6.57. The maximum Gasteiger partial charge on any atom is 0.263 e. The van der Waals surface area contributed by atoms with E-state index in [2.05, 4.69) is 20.0 Å². The molecule has 1 aliphatic heterocycles. The van der Waals surface area contributed by atoms with Crippen LogP contribution in [0.2, 0.25) is 4.47 Å². The number of benzene rings is 1. The molecule has 6 nitrogen and oxygen atoms in total. The largest absolute Gasteiger partial charge is 0.380 e. The SMILES string of the molecule is O=S(=O)(NC1=NCCS1)c1ccc(NCc2cnc(Cl)s2)cc1. The fourth-order valence-electron chi connectivity index (χ4n) is 1.88. The number of rotatable bonds is 5. The summed E-state index contributed by atoms with van der Waals surface area (Å²) in [5.74, 6) is 0.808. The van der Waals surface area contributed by atoms with Gasteiger partial charge in [-0.1, -0.05) is 23.4 Å². The molecule has 2 aromatic rings. The molecule has 2 heterocycles. The van der Waals surface area contributed by atoms with Crippen LogP contribution in [0.4, 0.5) is 5.69 Å². The van der Waals surface area contributed by atoms with Crippen molar-refractivity contribution in [3.05, 3.63) is 39.8 Å². The number of aromatic nitrogens is 1. The normalized spacial score (nSPS) is 14.6. The van der Waals surface area contributed by atoms with E-state index in [0.29, 0.717) is 22.7 Å². The van der Waals surface area contributed by atoms with Gasteiger partial charge in [-0.25, -0.2) is 13.4 Å². The van der Waals surface area contributed by atoms with Gasteiger partial charge in [0.25, 0.3) is 10.0 Å². The van der Waals surface area contributed by atoms with Crippen molar-refractivity contribution >= 4 is 55.6 Å². The van der Waals surface area contributed by atoms with E-state index in [1.165, 1.54) is 23.1 Å². The van der Waals surface area contributed by atoms with Crippen molar-refractivity contribution in [3.63, 3.8) is 0 Å². The van der Waals surface area contributed by atoms with Crippen LogP contribution in [0.5, 0.6) is 0 Å². The average molecular weight is 389 g/mol. The van der Waals surface area contributed by atoms with Crippen LogP contribution in [0.3, 0.4) is 0 Å². The number of hydrogen-bond acceptors (Lipinski definition) is 7. The first kappa shape index (κ1) is 16.6. The van der Waals surface area contributed by atoms with Crippen molar-refractivity contribution < 1.29 is 8.42 Å². The van der Waals surface area contributed by atoms with Crippen molar-refractivity contribution in [2.75, 3.05) is 17.6 Å². The van der Waals surface area contributed by atoms with Gasteiger partial charge in [0.1, 0.15) is 0 Å². The molecular weight excluding hydrogens is 376 g/mol. The third-order valence-electron chi connectivity index (χ3n) is 2.96. The summed E-state index contributed by atoms with van der Waals surface area (Å²) >= 11 is 8.59. The van der Waals surface area contributed by atoms with Crippen LogP contribution >= 0.6 is 34.7 Å². The number of amidine groups is 1. The van der Waals surface area contributed by atoms with E-state index < -0.39 is 10.0 Å². The van der Waals surface area contributed by atoms with E-state index in [9.17, 15) is 8.42 Å². The number of hydrogen-bond donors (Lipinski definition) is 2. The minimum atomic E-state index is -3.58. The Bertz CT molecular complexity index is 818. The van der Waals surface area contributed by atoms with Crippen LogP contribution < -0.4 is 10.0 Å². The Kier molecular flexibility index (Phi) is 5.10. The van der Waals surface area contributed by atoms with Crippen molar-refractivity contribution in [3.8, 4) is 0 Å². The molecule has 0 saturated carbocycles. The van der Waals surface area contributed by atoms with E-state index >= 15 is 0 Å². The minimum absolute atomic E-state index is 0.207. The highest BCUT2D eigenvalue weighted by Crippen LogP contribution is 2.20. The number of halogens is 1. The maximum atomic E-state index is 12.2. The molecule has 0 radical (unpaired) electrons. The molecule has 0 bridgehead atoms. The number of anilines is 1. The van der Waals surface area contributed by atoms with E-state index in [4.69, 9.17) is 11.6 Å². The molecule has 0 fully saturated rings. The summed E-state index contributed by atoms with van der Waals surface area (Å²) in [7, 11) is -3.58. The van der Waals surface area contributed by atoms with Crippen LogP contribution in [-0.2, 0) is 16.6 Å². The molecule has 2 N–H and O–H groups in total. The lowest BCUT2D eigenvalue weighted by Gasteiger charge is -2.09. The highest BCUT2D eigenvalue weighted by atomic mass is 35.5. The lowest BCUT2D eigenvalue weighted by molar-refractivity contribution is 0.593. The Morgan fingerprint density at radius 2 is 2.04 bits per heavy atom. The molecular formula is C13H13ClN4O2S3. The predicted molar refractivity (Wildman–Crippen MR) is 96.0 cm³/mol. The van der Waals surface area contributed by atoms with Gasteiger partial charge in [0.2, 0.25) is 0 Å². The summed E-state index contributed by atoms with van der Waals surface area (Å²) in [5.41, 5.74) is 0.820. The van der Waals surface area contributed by atoms with Crippen LogP contribution in [-0.4, -0.2) is 30.9 Å². The van der Waals surface area contributed by atoms with Crippen LogP contribution in [0.25, 0.3) is 0 Å². The lowest BCUT2D eigenvalue weighted by atomic mass is 10.3. The molecule has 1 aromatic carbocycles. The minimum Gasteiger partial charge on any atom is -0.380 e. The van der Waals surface area contributed by atoms with Crippen molar-refractivity contribution in [2.45, 2.75) is 11.4 Å². The van der Waals surface area contributed by atoms with Gasteiger partial charge >= 0.3 is 0 Å². The van der Waals surface area contributed by atoms with Gasteiger partial charge in [-0.2, -0.15) is 0 Å². The first-order valence-electron chi connectivity index (χ1n) is 6.67. The molecule has 0 spiro atoms. The lowest BCUT2D eigenvalue weighted by Crippen LogP contribution is -2.27. The number of nitrogens with one attached hydrogen (secondary N) is 2. The van der Waals surface area contributed by atoms with E-state index in [0.717, 1.165) is 16.3 Å². The molecule has 122 valence electrons. The Morgan fingerprint density at radius 3 is 2.65 bits per heavy atom. The zero-order chi connectivity index (χ0) is 16.3. The fraction of sp³-hybridized carbons (Fsp3) is 0.231. The molecule has 1 aromatic heterocycles. The smallest absolute Gasteiger partial charge is 0.263 e. The highest BCUT2D eigenvalue weighted by molar-refractivity contribution is 8.15. The zero-order valence-corrected chi connectivity index (χ0v) is 15.0. The van der Waals surface area contributed by atoms with Crippen LogP contribution in [0.15, 0.2) is 40.4 Å².